The standard InChI is InChI=1S/C18H22FN3O3/c1-18(2,3)25-17(24)22-8-6-21(7-9-22)16(23)14-11-20-15-5-4-12(19)10-13(14)15/h4-5,10-11,20H,6-9H2,1-3H3. The number of ether oxygens (including phenoxy) is 1. The molecule has 1 fully saturated rings. The van der Waals surface area contributed by atoms with Crippen LogP contribution < -0.4 is 0 Å². The summed E-state index contributed by atoms with van der Waals surface area (Å²) in [5.74, 6) is -0.545. The van der Waals surface area contributed by atoms with Gasteiger partial charge < -0.3 is 19.5 Å². The molecule has 25 heavy (non-hydrogen) atoms. The van der Waals surface area contributed by atoms with Gasteiger partial charge in [0.05, 0.1) is 5.56 Å². The zero-order valence-electron chi connectivity index (χ0n) is 14.6. The Morgan fingerprint density at radius 1 is 1.12 bits per heavy atom. The van der Waals surface area contributed by atoms with Crippen LogP contribution in [-0.2, 0) is 4.74 Å². The highest BCUT2D eigenvalue weighted by molar-refractivity contribution is 6.06. The van der Waals surface area contributed by atoms with Crippen LogP contribution in [0.5, 0.6) is 0 Å². The molecular weight excluding hydrogens is 325 g/mol. The van der Waals surface area contributed by atoms with E-state index in [-0.39, 0.29) is 17.8 Å². The molecule has 0 saturated carbocycles. The fourth-order valence-corrected chi connectivity index (χ4v) is 2.86. The zero-order valence-corrected chi connectivity index (χ0v) is 14.6. The summed E-state index contributed by atoms with van der Waals surface area (Å²) in [6.07, 6.45) is 1.24. The molecule has 2 heterocycles. The van der Waals surface area contributed by atoms with Crippen molar-refractivity contribution in [2.24, 2.45) is 0 Å². The number of rotatable bonds is 1. The van der Waals surface area contributed by atoms with Gasteiger partial charge in [0.1, 0.15) is 11.4 Å². The van der Waals surface area contributed by atoms with Crippen LogP contribution in [0.1, 0.15) is 31.1 Å². The minimum absolute atomic E-state index is 0.166. The lowest BCUT2D eigenvalue weighted by Gasteiger charge is -2.35. The van der Waals surface area contributed by atoms with E-state index in [0.717, 1.165) is 5.52 Å². The Labute approximate surface area is 145 Å². The predicted octanol–water partition coefficient (Wildman–Crippen LogP) is 3.00. The molecule has 0 atom stereocenters. The van der Waals surface area contributed by atoms with Crippen LogP contribution in [-0.4, -0.2) is 58.6 Å². The van der Waals surface area contributed by atoms with E-state index in [1.165, 1.54) is 12.1 Å². The Morgan fingerprint density at radius 2 is 1.76 bits per heavy atom. The third-order valence-electron chi connectivity index (χ3n) is 4.09. The Kier molecular flexibility index (Phi) is 4.41. The van der Waals surface area contributed by atoms with Gasteiger partial charge in [-0.1, -0.05) is 0 Å². The molecular formula is C18H22FN3O3. The summed E-state index contributed by atoms with van der Waals surface area (Å²) in [6, 6.07) is 4.32. The molecule has 6 nitrogen and oxygen atoms in total. The lowest BCUT2D eigenvalue weighted by atomic mass is 10.1. The number of benzene rings is 1. The molecule has 1 saturated heterocycles. The quantitative estimate of drug-likeness (QED) is 0.862. The van der Waals surface area contributed by atoms with Gasteiger partial charge >= 0.3 is 6.09 Å². The zero-order chi connectivity index (χ0) is 18.2. The van der Waals surface area contributed by atoms with Crippen molar-refractivity contribution in [2.45, 2.75) is 26.4 Å². The number of nitrogens with one attached hydrogen (secondary N) is 1. The van der Waals surface area contributed by atoms with Crippen LogP contribution in [0, 0.1) is 5.82 Å². The van der Waals surface area contributed by atoms with Gasteiger partial charge in [-0.25, -0.2) is 9.18 Å². The fourth-order valence-electron chi connectivity index (χ4n) is 2.86. The van der Waals surface area contributed by atoms with Crippen LogP contribution in [0.2, 0.25) is 0 Å². The lowest BCUT2D eigenvalue weighted by molar-refractivity contribution is 0.0141. The molecule has 1 aromatic carbocycles. The maximum atomic E-state index is 13.5. The van der Waals surface area contributed by atoms with E-state index in [1.54, 1.807) is 22.1 Å². The van der Waals surface area contributed by atoms with Crippen molar-refractivity contribution in [1.29, 1.82) is 0 Å². The maximum absolute atomic E-state index is 13.5. The molecule has 0 spiro atoms. The number of halogens is 1. The highest BCUT2D eigenvalue weighted by Gasteiger charge is 2.28. The molecule has 0 unspecified atom stereocenters. The number of amides is 2. The average molecular weight is 347 g/mol. The Hall–Kier alpha value is -2.57. The monoisotopic (exact) mass is 347 g/mol. The van der Waals surface area contributed by atoms with Crippen LogP contribution in [0.3, 0.4) is 0 Å². The fraction of sp³-hybridized carbons (Fsp3) is 0.444. The van der Waals surface area contributed by atoms with E-state index >= 15 is 0 Å². The smallest absolute Gasteiger partial charge is 0.410 e. The first kappa shape index (κ1) is 17.3. The normalized spacial score (nSPS) is 15.5. The molecule has 0 radical (unpaired) electrons. The van der Waals surface area contributed by atoms with Crippen molar-refractivity contribution in [1.82, 2.24) is 14.8 Å². The number of hydrogen-bond acceptors (Lipinski definition) is 3. The number of piperazine rings is 1. The predicted molar refractivity (Wildman–Crippen MR) is 92.0 cm³/mol. The van der Waals surface area contributed by atoms with Crippen LogP contribution in [0.25, 0.3) is 10.9 Å². The van der Waals surface area contributed by atoms with Crippen molar-refractivity contribution in [2.75, 3.05) is 26.2 Å². The first-order valence-electron chi connectivity index (χ1n) is 8.28. The molecule has 1 aliphatic heterocycles. The molecule has 3 rings (SSSR count). The largest absolute Gasteiger partial charge is 0.444 e. The van der Waals surface area contributed by atoms with E-state index < -0.39 is 5.60 Å². The number of H-pyrrole nitrogens is 1. The van der Waals surface area contributed by atoms with Gasteiger partial charge in [0, 0.05) is 43.3 Å². The minimum atomic E-state index is -0.544. The second kappa shape index (κ2) is 6.38. The van der Waals surface area contributed by atoms with E-state index in [4.69, 9.17) is 4.74 Å². The first-order chi connectivity index (χ1) is 11.7. The average Bonchev–Trinajstić information content (AvgIpc) is 2.95. The van der Waals surface area contributed by atoms with E-state index in [1.807, 2.05) is 20.8 Å². The van der Waals surface area contributed by atoms with Gasteiger partial charge in [0.2, 0.25) is 0 Å². The number of aromatic nitrogens is 1. The van der Waals surface area contributed by atoms with Crippen molar-refractivity contribution in [3.63, 3.8) is 0 Å². The summed E-state index contributed by atoms with van der Waals surface area (Å²) in [5, 5.41) is 0.569. The van der Waals surface area contributed by atoms with Gasteiger partial charge in [-0.2, -0.15) is 0 Å². The highest BCUT2D eigenvalue weighted by atomic mass is 19.1. The van der Waals surface area contributed by atoms with Gasteiger partial charge in [-0.15, -0.1) is 0 Å². The molecule has 1 aromatic heterocycles. The van der Waals surface area contributed by atoms with Crippen LogP contribution in [0.15, 0.2) is 24.4 Å². The Bertz CT molecular complexity index is 801. The van der Waals surface area contributed by atoms with Gasteiger partial charge in [-0.05, 0) is 39.0 Å². The van der Waals surface area contributed by atoms with E-state index in [9.17, 15) is 14.0 Å². The van der Waals surface area contributed by atoms with Gasteiger partial charge in [0.25, 0.3) is 5.91 Å². The second-order valence-electron chi connectivity index (χ2n) is 7.15. The summed E-state index contributed by atoms with van der Waals surface area (Å²) >= 11 is 0. The van der Waals surface area contributed by atoms with Crippen molar-refractivity contribution in [3.05, 3.63) is 35.8 Å². The number of fused-ring (bicyclic) bond motifs is 1. The molecule has 0 aliphatic carbocycles. The number of aromatic amines is 1. The second-order valence-corrected chi connectivity index (χ2v) is 7.15. The third-order valence-corrected chi connectivity index (χ3v) is 4.09. The minimum Gasteiger partial charge on any atom is -0.444 e. The van der Waals surface area contributed by atoms with Crippen LogP contribution in [0.4, 0.5) is 9.18 Å². The van der Waals surface area contributed by atoms with E-state index in [2.05, 4.69) is 4.98 Å². The summed E-state index contributed by atoms with van der Waals surface area (Å²) in [7, 11) is 0. The van der Waals surface area contributed by atoms with Gasteiger partial charge in [-0.3, -0.25) is 4.79 Å². The number of carbonyl (C=O) groups is 2. The SMILES string of the molecule is CC(C)(C)OC(=O)N1CCN(C(=O)c2c[nH]c3ccc(F)cc23)CC1. The lowest BCUT2D eigenvalue weighted by Crippen LogP contribution is -2.51. The van der Waals surface area contributed by atoms with Crippen LogP contribution >= 0.6 is 0 Å². The van der Waals surface area contributed by atoms with Crippen molar-refractivity contribution in [3.8, 4) is 0 Å². The summed E-state index contributed by atoms with van der Waals surface area (Å²) in [6.45, 7) is 7.12. The first-order valence-corrected chi connectivity index (χ1v) is 8.28. The molecule has 1 N–H and O–H groups in total. The molecule has 0 bridgehead atoms. The number of nitrogens with zero attached hydrogens (tertiary/aromatic N) is 2. The van der Waals surface area contributed by atoms with E-state index in [0.29, 0.717) is 37.1 Å². The van der Waals surface area contributed by atoms with Gasteiger partial charge in [0.15, 0.2) is 0 Å². The van der Waals surface area contributed by atoms with Crippen molar-refractivity contribution >= 4 is 22.9 Å². The molecule has 1 aliphatic rings. The number of carbonyl (C=O) groups excluding carboxylic acids is 2. The number of hydrogen-bond donors (Lipinski definition) is 1. The summed E-state index contributed by atoms with van der Waals surface area (Å²) in [5.41, 5.74) is 0.621. The topological polar surface area (TPSA) is 65.6 Å². The Morgan fingerprint density at radius 3 is 2.40 bits per heavy atom. The summed E-state index contributed by atoms with van der Waals surface area (Å²) in [4.78, 5) is 31.1. The molecule has 2 aromatic rings. The molecule has 134 valence electrons. The third kappa shape index (κ3) is 3.75. The Balaban J connectivity index is 1.67. The summed E-state index contributed by atoms with van der Waals surface area (Å²) < 4.78 is 18.8. The maximum Gasteiger partial charge on any atom is 0.410 e. The molecule has 7 heteroatoms. The highest BCUT2D eigenvalue weighted by Crippen LogP contribution is 2.22. The molecule has 2 amide bonds. The van der Waals surface area contributed by atoms with Crippen molar-refractivity contribution < 1.29 is 18.7 Å².